The first-order chi connectivity index (χ1) is 10.7. The normalized spacial score (nSPS) is 15.8. The number of aryl methyl sites for hydroxylation is 1. The van der Waals surface area contributed by atoms with Crippen molar-refractivity contribution in [2.24, 2.45) is 0 Å². The largest absolute Gasteiger partial charge is 0.474 e. The third-order valence-corrected chi connectivity index (χ3v) is 4.73. The van der Waals surface area contributed by atoms with Gasteiger partial charge in [-0.05, 0) is 24.4 Å². The number of hydrogen-bond acceptors (Lipinski definition) is 4. The minimum atomic E-state index is 0.153. The molecule has 1 aliphatic rings. The van der Waals surface area contributed by atoms with Crippen LogP contribution >= 0.6 is 11.3 Å². The number of carbonyl (C=O) groups is 1. The van der Waals surface area contributed by atoms with Crippen molar-refractivity contribution in [3.8, 4) is 5.88 Å². The lowest BCUT2D eigenvalue weighted by Gasteiger charge is -2.32. The van der Waals surface area contributed by atoms with Gasteiger partial charge in [-0.1, -0.05) is 12.1 Å². The van der Waals surface area contributed by atoms with Gasteiger partial charge in [-0.3, -0.25) is 4.79 Å². The van der Waals surface area contributed by atoms with E-state index in [0.29, 0.717) is 12.3 Å². The fraction of sp³-hybridized carbons (Fsp3) is 0.412. The zero-order chi connectivity index (χ0) is 15.4. The summed E-state index contributed by atoms with van der Waals surface area (Å²) >= 11 is 1.64. The zero-order valence-corrected chi connectivity index (χ0v) is 13.5. The van der Waals surface area contributed by atoms with Gasteiger partial charge in [0.2, 0.25) is 11.8 Å². The molecule has 1 saturated heterocycles. The molecule has 3 heterocycles. The van der Waals surface area contributed by atoms with Crippen molar-refractivity contribution in [3.05, 3.63) is 46.3 Å². The maximum atomic E-state index is 12.3. The van der Waals surface area contributed by atoms with Crippen molar-refractivity contribution >= 4 is 17.2 Å². The number of hydrogen-bond donors (Lipinski definition) is 0. The molecule has 22 heavy (non-hydrogen) atoms. The third-order valence-electron chi connectivity index (χ3n) is 3.85. The van der Waals surface area contributed by atoms with Crippen LogP contribution in [0.5, 0.6) is 5.88 Å². The molecule has 5 heteroatoms. The van der Waals surface area contributed by atoms with Crippen LogP contribution in [0, 0.1) is 6.92 Å². The topological polar surface area (TPSA) is 42.4 Å². The summed E-state index contributed by atoms with van der Waals surface area (Å²) < 4.78 is 5.92. The number of amides is 1. The van der Waals surface area contributed by atoms with E-state index >= 15 is 0 Å². The van der Waals surface area contributed by atoms with E-state index < -0.39 is 0 Å². The number of ether oxygens (including phenoxy) is 1. The Morgan fingerprint density at radius 1 is 1.32 bits per heavy atom. The molecule has 1 aliphatic heterocycles. The summed E-state index contributed by atoms with van der Waals surface area (Å²) in [4.78, 5) is 19.7. The van der Waals surface area contributed by atoms with E-state index in [9.17, 15) is 4.79 Å². The van der Waals surface area contributed by atoms with E-state index in [1.54, 1.807) is 11.3 Å². The lowest BCUT2D eigenvalue weighted by Crippen LogP contribution is -2.42. The average Bonchev–Trinajstić information content (AvgIpc) is 3.01. The second-order valence-corrected chi connectivity index (χ2v) is 6.60. The van der Waals surface area contributed by atoms with Crippen LogP contribution in [-0.2, 0) is 11.2 Å². The highest BCUT2D eigenvalue weighted by Gasteiger charge is 2.24. The lowest BCUT2D eigenvalue weighted by molar-refractivity contribution is -0.132. The first kappa shape index (κ1) is 15.0. The molecule has 0 saturated carbocycles. The van der Waals surface area contributed by atoms with Crippen LogP contribution in [0.2, 0.25) is 0 Å². The number of piperidine rings is 1. The maximum Gasteiger partial charge on any atom is 0.227 e. The van der Waals surface area contributed by atoms with Crippen LogP contribution in [-0.4, -0.2) is 35.0 Å². The van der Waals surface area contributed by atoms with Crippen molar-refractivity contribution < 1.29 is 9.53 Å². The molecular weight excluding hydrogens is 296 g/mol. The summed E-state index contributed by atoms with van der Waals surface area (Å²) in [6.45, 7) is 3.49. The Bertz CT molecular complexity index is 619. The number of pyridine rings is 1. The van der Waals surface area contributed by atoms with E-state index in [2.05, 4.69) is 4.98 Å². The number of carbonyl (C=O) groups excluding carboxylic acids is 1. The van der Waals surface area contributed by atoms with Gasteiger partial charge in [0.25, 0.3) is 0 Å². The number of thiophene rings is 1. The molecule has 0 spiro atoms. The molecule has 1 fully saturated rings. The summed E-state index contributed by atoms with van der Waals surface area (Å²) in [6, 6.07) is 9.81. The Kier molecular flexibility index (Phi) is 4.73. The van der Waals surface area contributed by atoms with Gasteiger partial charge in [-0.15, -0.1) is 11.3 Å². The molecule has 2 aromatic heterocycles. The summed E-state index contributed by atoms with van der Waals surface area (Å²) in [7, 11) is 0. The molecule has 0 bridgehead atoms. The number of aromatic nitrogens is 1. The molecule has 1 amide bonds. The SMILES string of the molecule is Cc1cccc(OC2CCN(C(=O)Cc3cccs3)CC2)n1. The summed E-state index contributed by atoms with van der Waals surface area (Å²) in [5.74, 6) is 0.901. The van der Waals surface area contributed by atoms with Crippen molar-refractivity contribution in [1.82, 2.24) is 9.88 Å². The molecule has 4 nitrogen and oxygen atoms in total. The van der Waals surface area contributed by atoms with Crippen LogP contribution in [0.25, 0.3) is 0 Å². The van der Waals surface area contributed by atoms with Gasteiger partial charge in [-0.2, -0.15) is 0 Å². The molecule has 2 aromatic rings. The van der Waals surface area contributed by atoms with Gasteiger partial charge in [0.1, 0.15) is 6.10 Å². The Morgan fingerprint density at radius 2 is 2.14 bits per heavy atom. The monoisotopic (exact) mass is 316 g/mol. The van der Waals surface area contributed by atoms with Gasteiger partial charge in [0.05, 0.1) is 6.42 Å². The quantitative estimate of drug-likeness (QED) is 0.870. The van der Waals surface area contributed by atoms with E-state index in [1.165, 1.54) is 0 Å². The van der Waals surface area contributed by atoms with Crippen LogP contribution < -0.4 is 4.74 Å². The van der Waals surface area contributed by atoms with E-state index in [1.807, 2.05) is 47.5 Å². The van der Waals surface area contributed by atoms with E-state index in [0.717, 1.165) is 36.5 Å². The van der Waals surface area contributed by atoms with Crippen LogP contribution in [0.4, 0.5) is 0 Å². The first-order valence-corrected chi connectivity index (χ1v) is 8.49. The van der Waals surface area contributed by atoms with E-state index in [-0.39, 0.29) is 12.0 Å². The average molecular weight is 316 g/mol. The third kappa shape index (κ3) is 3.85. The predicted octanol–water partition coefficient (Wildman–Crippen LogP) is 3.06. The maximum absolute atomic E-state index is 12.3. The summed E-state index contributed by atoms with van der Waals surface area (Å²) in [6.07, 6.45) is 2.40. The van der Waals surface area contributed by atoms with Crippen LogP contribution in [0.1, 0.15) is 23.4 Å². The molecule has 0 radical (unpaired) electrons. The fourth-order valence-corrected chi connectivity index (χ4v) is 3.35. The highest BCUT2D eigenvalue weighted by atomic mass is 32.1. The van der Waals surface area contributed by atoms with Gasteiger partial charge < -0.3 is 9.64 Å². The van der Waals surface area contributed by atoms with Crippen molar-refractivity contribution in [1.29, 1.82) is 0 Å². The summed E-state index contributed by atoms with van der Waals surface area (Å²) in [5.41, 5.74) is 0.959. The molecule has 0 aliphatic carbocycles. The highest BCUT2D eigenvalue weighted by Crippen LogP contribution is 2.19. The minimum absolute atomic E-state index is 0.153. The van der Waals surface area contributed by atoms with E-state index in [4.69, 9.17) is 4.74 Å². The predicted molar refractivity (Wildman–Crippen MR) is 87.2 cm³/mol. The van der Waals surface area contributed by atoms with Gasteiger partial charge >= 0.3 is 0 Å². The van der Waals surface area contributed by atoms with Gasteiger partial charge in [-0.25, -0.2) is 4.98 Å². The van der Waals surface area contributed by atoms with Gasteiger partial charge in [0, 0.05) is 42.6 Å². The zero-order valence-electron chi connectivity index (χ0n) is 12.7. The lowest BCUT2D eigenvalue weighted by atomic mass is 10.1. The van der Waals surface area contributed by atoms with Crippen LogP contribution in [0.3, 0.4) is 0 Å². The van der Waals surface area contributed by atoms with Crippen molar-refractivity contribution in [2.75, 3.05) is 13.1 Å². The van der Waals surface area contributed by atoms with Gasteiger partial charge in [0.15, 0.2) is 0 Å². The molecular formula is C17H20N2O2S. The smallest absolute Gasteiger partial charge is 0.227 e. The molecule has 3 rings (SSSR count). The second-order valence-electron chi connectivity index (χ2n) is 5.57. The number of likely N-dealkylation sites (tertiary alicyclic amines) is 1. The minimum Gasteiger partial charge on any atom is -0.474 e. The highest BCUT2D eigenvalue weighted by molar-refractivity contribution is 7.10. The molecule has 116 valence electrons. The Balaban J connectivity index is 1.49. The molecule has 0 unspecified atom stereocenters. The van der Waals surface area contributed by atoms with Crippen molar-refractivity contribution in [3.63, 3.8) is 0 Å². The summed E-state index contributed by atoms with van der Waals surface area (Å²) in [5, 5.41) is 2.01. The van der Waals surface area contributed by atoms with Crippen LogP contribution in [0.15, 0.2) is 35.7 Å². The Labute approximate surface area is 134 Å². The molecule has 0 aromatic carbocycles. The standard InChI is InChI=1S/C17H20N2O2S/c1-13-4-2-6-16(18-13)21-14-7-9-19(10-8-14)17(20)12-15-5-3-11-22-15/h2-6,11,14H,7-10,12H2,1H3. The Morgan fingerprint density at radius 3 is 2.82 bits per heavy atom. The second kappa shape index (κ2) is 6.92. The van der Waals surface area contributed by atoms with Crippen molar-refractivity contribution in [2.45, 2.75) is 32.3 Å². The molecule has 0 N–H and O–H groups in total. The molecule has 0 atom stereocenters. The fourth-order valence-electron chi connectivity index (χ4n) is 2.65. The number of rotatable bonds is 4. The number of nitrogens with zero attached hydrogens (tertiary/aromatic N) is 2. The Hall–Kier alpha value is -1.88. The first-order valence-electron chi connectivity index (χ1n) is 7.61.